The minimum Gasteiger partial charge on any atom is -0.347 e. The molecule has 0 radical (unpaired) electrons. The Morgan fingerprint density at radius 2 is 1.79 bits per heavy atom. The van der Waals surface area contributed by atoms with Gasteiger partial charge in [0.05, 0.1) is 6.54 Å². The second-order valence-corrected chi connectivity index (χ2v) is 6.50. The van der Waals surface area contributed by atoms with Crippen molar-refractivity contribution in [1.82, 2.24) is 14.8 Å². The van der Waals surface area contributed by atoms with E-state index in [2.05, 4.69) is 4.98 Å². The van der Waals surface area contributed by atoms with Gasteiger partial charge < -0.3 is 9.80 Å². The average Bonchev–Trinajstić information content (AvgIpc) is 2.60. The second-order valence-electron chi connectivity index (χ2n) is 5.40. The van der Waals surface area contributed by atoms with Gasteiger partial charge in [-0.15, -0.1) is 0 Å². The maximum absolute atomic E-state index is 12.5. The van der Waals surface area contributed by atoms with Crippen LogP contribution in [0.3, 0.4) is 0 Å². The van der Waals surface area contributed by atoms with Gasteiger partial charge in [0.25, 0.3) is 5.91 Å². The van der Waals surface area contributed by atoms with Crippen molar-refractivity contribution < 1.29 is 9.59 Å². The van der Waals surface area contributed by atoms with Crippen LogP contribution in [0.4, 0.5) is 0 Å². The smallest absolute Gasteiger partial charge is 0.254 e. The van der Waals surface area contributed by atoms with E-state index in [4.69, 9.17) is 0 Å². The Bertz CT molecular complexity index is 687. The first-order valence-corrected chi connectivity index (χ1v) is 8.51. The van der Waals surface area contributed by atoms with Crippen molar-refractivity contribution in [3.63, 3.8) is 0 Å². The molecule has 0 unspecified atom stereocenters. The molecular formula is C18H21N3O2S. The number of carbonyl (C=O) groups excluding carboxylic acids is 2. The van der Waals surface area contributed by atoms with Crippen molar-refractivity contribution in [2.75, 3.05) is 27.2 Å². The van der Waals surface area contributed by atoms with Gasteiger partial charge in [-0.25, -0.2) is 4.98 Å². The fourth-order valence-corrected chi connectivity index (χ4v) is 2.78. The van der Waals surface area contributed by atoms with Crippen molar-refractivity contribution in [1.29, 1.82) is 0 Å². The Balaban J connectivity index is 2.05. The molecule has 0 bridgehead atoms. The molecule has 24 heavy (non-hydrogen) atoms. The van der Waals surface area contributed by atoms with Gasteiger partial charge in [0.15, 0.2) is 0 Å². The molecule has 5 nitrogen and oxygen atoms in total. The second kappa shape index (κ2) is 8.49. The summed E-state index contributed by atoms with van der Waals surface area (Å²) >= 11 is 1.54. The van der Waals surface area contributed by atoms with E-state index in [1.165, 1.54) is 16.7 Å². The number of hydrogen-bond acceptors (Lipinski definition) is 4. The standard InChI is InChI=1S/C18H21N3O2S/c1-4-21(13-17(22)20(2)3)18(23)14-8-10-15(11-9-14)24-16-7-5-6-12-19-16/h5-12H,4,13H2,1-3H3. The maximum atomic E-state index is 12.5. The van der Waals surface area contributed by atoms with E-state index >= 15 is 0 Å². The number of benzene rings is 1. The van der Waals surface area contributed by atoms with Crippen LogP contribution in [0.1, 0.15) is 17.3 Å². The van der Waals surface area contributed by atoms with E-state index in [0.29, 0.717) is 12.1 Å². The Kier molecular flexibility index (Phi) is 6.37. The van der Waals surface area contributed by atoms with E-state index in [-0.39, 0.29) is 18.4 Å². The minimum absolute atomic E-state index is 0.0900. The predicted molar refractivity (Wildman–Crippen MR) is 95.1 cm³/mol. The van der Waals surface area contributed by atoms with Crippen LogP contribution >= 0.6 is 11.8 Å². The van der Waals surface area contributed by atoms with Crippen LogP contribution < -0.4 is 0 Å². The highest BCUT2D eigenvalue weighted by molar-refractivity contribution is 7.99. The number of carbonyl (C=O) groups is 2. The van der Waals surface area contributed by atoms with Crippen LogP contribution in [0.2, 0.25) is 0 Å². The molecule has 1 heterocycles. The summed E-state index contributed by atoms with van der Waals surface area (Å²) in [5, 5.41) is 0.906. The van der Waals surface area contributed by atoms with E-state index in [0.717, 1.165) is 9.92 Å². The number of amides is 2. The highest BCUT2D eigenvalue weighted by Gasteiger charge is 2.18. The van der Waals surface area contributed by atoms with Gasteiger partial charge in [0, 0.05) is 37.3 Å². The first-order chi connectivity index (χ1) is 11.5. The van der Waals surface area contributed by atoms with Crippen LogP contribution in [0.15, 0.2) is 58.6 Å². The summed E-state index contributed by atoms with van der Waals surface area (Å²) in [5.74, 6) is -0.227. The van der Waals surface area contributed by atoms with Gasteiger partial charge in [-0.3, -0.25) is 9.59 Å². The molecule has 2 rings (SSSR count). The molecule has 2 amide bonds. The van der Waals surface area contributed by atoms with Gasteiger partial charge in [-0.2, -0.15) is 0 Å². The van der Waals surface area contributed by atoms with Gasteiger partial charge in [0.2, 0.25) is 5.91 Å². The molecule has 6 heteroatoms. The highest BCUT2D eigenvalue weighted by atomic mass is 32.2. The first-order valence-electron chi connectivity index (χ1n) is 7.69. The van der Waals surface area contributed by atoms with Gasteiger partial charge >= 0.3 is 0 Å². The summed E-state index contributed by atoms with van der Waals surface area (Å²) in [6.45, 7) is 2.45. The fraction of sp³-hybridized carbons (Fsp3) is 0.278. The predicted octanol–water partition coefficient (Wildman–Crippen LogP) is 2.78. The summed E-state index contributed by atoms with van der Waals surface area (Å²) in [7, 11) is 3.37. The van der Waals surface area contributed by atoms with E-state index < -0.39 is 0 Å². The van der Waals surface area contributed by atoms with Crippen molar-refractivity contribution in [3.8, 4) is 0 Å². The number of rotatable bonds is 6. The van der Waals surface area contributed by atoms with E-state index in [1.807, 2.05) is 37.3 Å². The van der Waals surface area contributed by atoms with Crippen molar-refractivity contribution in [3.05, 3.63) is 54.2 Å². The number of likely N-dealkylation sites (N-methyl/N-ethyl adjacent to an activating group) is 2. The molecule has 1 aromatic heterocycles. The van der Waals surface area contributed by atoms with Crippen molar-refractivity contribution in [2.45, 2.75) is 16.8 Å². The van der Waals surface area contributed by atoms with Gasteiger partial charge in [-0.05, 0) is 43.3 Å². The lowest BCUT2D eigenvalue weighted by molar-refractivity contribution is -0.129. The van der Waals surface area contributed by atoms with Crippen LogP contribution in [0.25, 0.3) is 0 Å². The third-order valence-electron chi connectivity index (χ3n) is 3.46. The summed E-state index contributed by atoms with van der Waals surface area (Å²) in [6, 6.07) is 13.1. The third kappa shape index (κ3) is 4.83. The lowest BCUT2D eigenvalue weighted by Crippen LogP contribution is -2.40. The minimum atomic E-state index is -0.137. The topological polar surface area (TPSA) is 53.5 Å². The zero-order valence-corrected chi connectivity index (χ0v) is 14.9. The number of nitrogens with zero attached hydrogens (tertiary/aromatic N) is 3. The lowest BCUT2D eigenvalue weighted by atomic mass is 10.2. The summed E-state index contributed by atoms with van der Waals surface area (Å²) < 4.78 is 0. The monoisotopic (exact) mass is 343 g/mol. The lowest BCUT2D eigenvalue weighted by Gasteiger charge is -2.22. The number of aromatic nitrogens is 1. The molecular weight excluding hydrogens is 322 g/mol. The maximum Gasteiger partial charge on any atom is 0.254 e. The first kappa shape index (κ1) is 18.0. The Morgan fingerprint density at radius 1 is 1.08 bits per heavy atom. The zero-order valence-electron chi connectivity index (χ0n) is 14.1. The van der Waals surface area contributed by atoms with Crippen LogP contribution in [-0.4, -0.2) is 53.8 Å². The molecule has 0 fully saturated rings. The van der Waals surface area contributed by atoms with E-state index in [9.17, 15) is 9.59 Å². The SMILES string of the molecule is CCN(CC(=O)N(C)C)C(=O)c1ccc(Sc2ccccn2)cc1. The average molecular weight is 343 g/mol. The fourth-order valence-electron chi connectivity index (χ4n) is 2.01. The Hall–Kier alpha value is -2.34. The largest absolute Gasteiger partial charge is 0.347 e. The molecule has 0 aliphatic rings. The molecule has 0 saturated carbocycles. The van der Waals surface area contributed by atoms with Crippen molar-refractivity contribution >= 4 is 23.6 Å². The summed E-state index contributed by atoms with van der Waals surface area (Å²) in [5.41, 5.74) is 0.578. The highest BCUT2D eigenvalue weighted by Crippen LogP contribution is 2.25. The third-order valence-corrected chi connectivity index (χ3v) is 4.41. The molecule has 0 atom stereocenters. The molecule has 0 N–H and O–H groups in total. The molecule has 126 valence electrons. The summed E-state index contributed by atoms with van der Waals surface area (Å²) in [6.07, 6.45) is 1.75. The van der Waals surface area contributed by atoms with Crippen molar-refractivity contribution in [2.24, 2.45) is 0 Å². The van der Waals surface area contributed by atoms with Gasteiger partial charge in [-0.1, -0.05) is 17.8 Å². The molecule has 0 aliphatic heterocycles. The summed E-state index contributed by atoms with van der Waals surface area (Å²) in [4.78, 5) is 32.7. The van der Waals surface area contributed by atoms with Crippen LogP contribution in [0.5, 0.6) is 0 Å². The molecule has 0 spiro atoms. The van der Waals surface area contributed by atoms with Gasteiger partial charge in [0.1, 0.15) is 5.03 Å². The molecule has 1 aromatic carbocycles. The molecule has 0 aliphatic carbocycles. The zero-order chi connectivity index (χ0) is 17.5. The number of pyridine rings is 1. The normalized spacial score (nSPS) is 10.3. The quantitative estimate of drug-likeness (QED) is 0.809. The Morgan fingerprint density at radius 3 is 2.33 bits per heavy atom. The Labute approximate surface area is 146 Å². The molecule has 2 aromatic rings. The van der Waals surface area contributed by atoms with Crippen LogP contribution in [0, 0.1) is 0 Å². The van der Waals surface area contributed by atoms with Crippen LogP contribution in [-0.2, 0) is 4.79 Å². The molecule has 0 saturated heterocycles. The number of hydrogen-bond donors (Lipinski definition) is 0. The van der Waals surface area contributed by atoms with E-state index in [1.54, 1.807) is 37.3 Å².